The van der Waals surface area contributed by atoms with Crippen LogP contribution in [0, 0.1) is 11.8 Å². The maximum absolute atomic E-state index is 13.4. The van der Waals surface area contributed by atoms with Gasteiger partial charge < -0.3 is 15.5 Å². The molecule has 184 valence electrons. The van der Waals surface area contributed by atoms with Gasteiger partial charge in [-0.2, -0.15) is 4.31 Å². The highest BCUT2D eigenvalue weighted by molar-refractivity contribution is 7.89. The van der Waals surface area contributed by atoms with Gasteiger partial charge >= 0.3 is 0 Å². The van der Waals surface area contributed by atoms with Gasteiger partial charge in [-0.15, -0.1) is 0 Å². The first kappa shape index (κ1) is 25.2. The van der Waals surface area contributed by atoms with Gasteiger partial charge in [-0.1, -0.05) is 31.5 Å². The lowest BCUT2D eigenvalue weighted by molar-refractivity contribution is 0.288. The molecule has 2 aromatic rings. The molecule has 0 amide bonds. The molecule has 9 heteroatoms. The normalized spacial score (nSPS) is 18.6. The molecule has 0 aromatic heterocycles. The summed E-state index contributed by atoms with van der Waals surface area (Å²) in [5.74, 6) is 1.25. The number of hydrogen-bond acceptors (Lipinski definition) is 4. The van der Waals surface area contributed by atoms with Crippen molar-refractivity contribution in [2.24, 2.45) is 11.8 Å². The largest absolute Gasteiger partial charge is 0.370 e. The second-order valence-corrected chi connectivity index (χ2v) is 12.3. The lowest BCUT2D eigenvalue weighted by Gasteiger charge is -2.34. The highest BCUT2D eigenvalue weighted by Crippen LogP contribution is 2.34. The molecule has 0 aliphatic carbocycles. The zero-order valence-electron chi connectivity index (χ0n) is 19.8. The monoisotopic (exact) mass is 520 g/mol. The van der Waals surface area contributed by atoms with Gasteiger partial charge in [-0.3, -0.25) is 0 Å². The maximum atomic E-state index is 13.4. The summed E-state index contributed by atoms with van der Waals surface area (Å²) in [6.07, 6.45) is 4.00. The van der Waals surface area contributed by atoms with Crippen LogP contribution in [-0.4, -0.2) is 44.0 Å². The number of nitrogens with one attached hydrogen (secondary N) is 2. The maximum Gasteiger partial charge on any atom is 0.243 e. The highest BCUT2D eigenvalue weighted by atomic mass is 35.5. The standard InChI is InChI=1S/C25H33ClN4O2S2/c1-18-8-12-29(13-9-18)24-7-6-22(34(31,32)30-14-10-19(2)11-15-30)17-23(24)28-25(33)27-21-5-3-4-20(26)16-21/h3-7,16-19H,8-15H2,1-2H3,(H2,27,28,33). The van der Waals surface area contributed by atoms with Crippen LogP contribution in [0.15, 0.2) is 47.4 Å². The van der Waals surface area contributed by atoms with Gasteiger partial charge in [0.1, 0.15) is 0 Å². The van der Waals surface area contributed by atoms with E-state index in [1.807, 2.05) is 18.2 Å². The molecule has 6 nitrogen and oxygen atoms in total. The van der Waals surface area contributed by atoms with Crippen molar-refractivity contribution < 1.29 is 8.42 Å². The topological polar surface area (TPSA) is 64.7 Å². The Hall–Kier alpha value is -1.87. The molecule has 2 aliphatic rings. The van der Waals surface area contributed by atoms with E-state index in [9.17, 15) is 8.42 Å². The third-order valence-corrected chi connectivity index (χ3v) is 9.14. The molecule has 2 heterocycles. The minimum atomic E-state index is -3.57. The third-order valence-electron chi connectivity index (χ3n) is 6.80. The summed E-state index contributed by atoms with van der Waals surface area (Å²) in [5, 5.41) is 7.41. The number of rotatable bonds is 5. The van der Waals surface area contributed by atoms with Gasteiger partial charge in [0.05, 0.1) is 16.3 Å². The highest BCUT2D eigenvalue weighted by Gasteiger charge is 2.29. The molecular weight excluding hydrogens is 488 g/mol. The van der Waals surface area contributed by atoms with Gasteiger partial charge in [0.15, 0.2) is 5.11 Å². The third kappa shape index (κ3) is 6.03. The van der Waals surface area contributed by atoms with E-state index < -0.39 is 10.0 Å². The average Bonchev–Trinajstić information content (AvgIpc) is 2.80. The molecule has 34 heavy (non-hydrogen) atoms. The van der Waals surface area contributed by atoms with Crippen molar-refractivity contribution >= 4 is 56.0 Å². The van der Waals surface area contributed by atoms with Crippen LogP contribution in [-0.2, 0) is 10.0 Å². The molecule has 0 unspecified atom stereocenters. The van der Waals surface area contributed by atoms with Crippen molar-refractivity contribution in [1.82, 2.24) is 4.31 Å². The van der Waals surface area contributed by atoms with Crippen LogP contribution in [0.3, 0.4) is 0 Å². The average molecular weight is 521 g/mol. The molecule has 2 saturated heterocycles. The summed E-state index contributed by atoms with van der Waals surface area (Å²) >= 11 is 11.7. The number of halogens is 1. The minimum Gasteiger partial charge on any atom is -0.370 e. The van der Waals surface area contributed by atoms with Gasteiger partial charge in [-0.25, -0.2) is 8.42 Å². The SMILES string of the molecule is CC1CCN(c2ccc(S(=O)(=O)N3CCC(C)CC3)cc2NC(=S)Nc2cccc(Cl)c2)CC1. The molecule has 2 aliphatic heterocycles. The van der Waals surface area contributed by atoms with Crippen LogP contribution in [0.1, 0.15) is 39.5 Å². The molecule has 0 atom stereocenters. The van der Waals surface area contributed by atoms with Gasteiger partial charge in [0.25, 0.3) is 0 Å². The van der Waals surface area contributed by atoms with Gasteiger partial charge in [-0.05, 0) is 86.1 Å². The molecule has 2 N–H and O–H groups in total. The number of anilines is 3. The Morgan fingerprint density at radius 1 is 0.941 bits per heavy atom. The lowest BCUT2D eigenvalue weighted by Crippen LogP contribution is -2.38. The number of hydrogen-bond donors (Lipinski definition) is 2. The van der Waals surface area contributed by atoms with E-state index in [0.29, 0.717) is 45.6 Å². The van der Waals surface area contributed by atoms with Crippen molar-refractivity contribution in [3.8, 4) is 0 Å². The number of nitrogens with zero attached hydrogens (tertiary/aromatic N) is 2. The van der Waals surface area contributed by atoms with E-state index >= 15 is 0 Å². The molecule has 2 fully saturated rings. The zero-order chi connectivity index (χ0) is 24.3. The summed E-state index contributed by atoms with van der Waals surface area (Å²) in [5.41, 5.74) is 2.43. The molecular formula is C25H33ClN4O2S2. The molecule has 4 rings (SSSR count). The first-order valence-electron chi connectivity index (χ1n) is 11.9. The second-order valence-electron chi connectivity index (χ2n) is 9.52. The summed E-state index contributed by atoms with van der Waals surface area (Å²) in [7, 11) is -3.57. The van der Waals surface area contributed by atoms with Gasteiger partial charge in [0.2, 0.25) is 10.0 Å². The minimum absolute atomic E-state index is 0.296. The van der Waals surface area contributed by atoms with Crippen molar-refractivity contribution in [1.29, 1.82) is 0 Å². The quantitative estimate of drug-likeness (QED) is 0.485. The molecule has 0 saturated carbocycles. The van der Waals surface area contributed by atoms with E-state index in [-0.39, 0.29) is 0 Å². The Kier molecular flexibility index (Phi) is 8.02. The first-order chi connectivity index (χ1) is 16.2. The fraction of sp³-hybridized carbons (Fsp3) is 0.480. The summed E-state index contributed by atoms with van der Waals surface area (Å²) in [4.78, 5) is 2.60. The Labute approximate surface area is 213 Å². The van der Waals surface area contributed by atoms with Crippen molar-refractivity contribution in [2.45, 2.75) is 44.4 Å². The van der Waals surface area contributed by atoms with Crippen molar-refractivity contribution in [3.05, 3.63) is 47.5 Å². The van der Waals surface area contributed by atoms with Crippen LogP contribution in [0.25, 0.3) is 0 Å². The number of piperidine rings is 2. The van der Waals surface area contributed by atoms with Crippen LogP contribution >= 0.6 is 23.8 Å². The molecule has 2 aromatic carbocycles. The van der Waals surface area contributed by atoms with Crippen molar-refractivity contribution in [3.63, 3.8) is 0 Å². The fourth-order valence-corrected chi connectivity index (χ4v) is 6.44. The first-order valence-corrected chi connectivity index (χ1v) is 14.2. The smallest absolute Gasteiger partial charge is 0.243 e. The summed E-state index contributed by atoms with van der Waals surface area (Å²) in [6.45, 7) is 7.43. The van der Waals surface area contributed by atoms with E-state index in [1.165, 1.54) is 0 Å². The fourth-order valence-electron chi connectivity index (χ4n) is 4.53. The van der Waals surface area contributed by atoms with Crippen LogP contribution in [0.2, 0.25) is 5.02 Å². The van der Waals surface area contributed by atoms with Crippen LogP contribution in [0.5, 0.6) is 0 Å². The Morgan fingerprint density at radius 3 is 2.24 bits per heavy atom. The molecule has 0 bridgehead atoms. The number of benzene rings is 2. The van der Waals surface area contributed by atoms with Crippen molar-refractivity contribution in [2.75, 3.05) is 41.7 Å². The molecule has 0 radical (unpaired) electrons. The Morgan fingerprint density at radius 2 is 1.59 bits per heavy atom. The summed E-state index contributed by atoms with van der Waals surface area (Å²) < 4.78 is 28.4. The molecule has 0 spiro atoms. The summed E-state index contributed by atoms with van der Waals surface area (Å²) in [6, 6.07) is 12.7. The number of sulfonamides is 1. The van der Waals surface area contributed by atoms with E-state index in [4.69, 9.17) is 23.8 Å². The Bertz CT molecular complexity index is 1130. The predicted molar refractivity (Wildman–Crippen MR) is 146 cm³/mol. The zero-order valence-corrected chi connectivity index (χ0v) is 22.1. The lowest BCUT2D eigenvalue weighted by atomic mass is 9.98. The van der Waals surface area contributed by atoms with E-state index in [1.54, 1.807) is 28.6 Å². The van der Waals surface area contributed by atoms with Crippen LogP contribution < -0.4 is 15.5 Å². The van der Waals surface area contributed by atoms with Crippen LogP contribution in [0.4, 0.5) is 17.1 Å². The van der Waals surface area contributed by atoms with E-state index in [0.717, 1.165) is 50.1 Å². The Balaban J connectivity index is 1.61. The predicted octanol–water partition coefficient (Wildman–Crippen LogP) is 5.81. The van der Waals surface area contributed by atoms with Gasteiger partial charge in [0, 0.05) is 36.9 Å². The second kappa shape index (κ2) is 10.8. The number of thiocarbonyl (C=S) groups is 1. The van der Waals surface area contributed by atoms with E-state index in [2.05, 4.69) is 29.4 Å².